The second kappa shape index (κ2) is 30.7. The first-order valence-electron chi connectivity index (χ1n) is 25.5. The lowest BCUT2D eigenvalue weighted by Gasteiger charge is -2.33. The Kier molecular flexibility index (Phi) is 26.4. The molecular formula is C47H85N15O11. The Hall–Kier alpha value is -6.31. The molecule has 0 radical (unpaired) electrons. The van der Waals surface area contributed by atoms with Crippen molar-refractivity contribution in [3.8, 4) is 0 Å². The van der Waals surface area contributed by atoms with Gasteiger partial charge in [-0.05, 0) is 89.4 Å². The van der Waals surface area contributed by atoms with Crippen molar-refractivity contribution < 1.29 is 53.4 Å². The van der Waals surface area contributed by atoms with E-state index in [1.807, 2.05) is 13.8 Å². The third kappa shape index (κ3) is 19.9. The van der Waals surface area contributed by atoms with Gasteiger partial charge in [0, 0.05) is 26.2 Å². The Labute approximate surface area is 428 Å². The molecule has 0 unspecified atom stereocenters. The third-order valence-electron chi connectivity index (χ3n) is 13.2. The summed E-state index contributed by atoms with van der Waals surface area (Å²) >= 11 is 0. The van der Waals surface area contributed by atoms with Crippen molar-refractivity contribution >= 4 is 65.1 Å². The van der Waals surface area contributed by atoms with E-state index in [1.54, 1.807) is 27.7 Å². The zero-order chi connectivity index (χ0) is 55.3. The van der Waals surface area contributed by atoms with Crippen molar-refractivity contribution in [2.24, 2.45) is 56.4 Å². The zero-order valence-corrected chi connectivity index (χ0v) is 43.9. The van der Waals surface area contributed by atoms with E-state index < -0.39 is 126 Å². The molecule has 26 nitrogen and oxygen atoms in total. The van der Waals surface area contributed by atoms with Gasteiger partial charge in [-0.25, -0.2) is 4.79 Å². The molecule has 0 aromatic carbocycles. The predicted molar refractivity (Wildman–Crippen MR) is 272 cm³/mol. The maximum absolute atomic E-state index is 14.5. The first-order chi connectivity index (χ1) is 34.2. The van der Waals surface area contributed by atoms with E-state index in [-0.39, 0.29) is 69.6 Å². The molecule has 2 aliphatic heterocycles. The number of nitrogens with one attached hydrogen (secondary N) is 6. The molecule has 0 aromatic heterocycles. The minimum atomic E-state index is -1.57. The number of aliphatic carboxylic acids is 1. The molecule has 0 aromatic rings. The van der Waals surface area contributed by atoms with Crippen LogP contribution in [0.25, 0.3) is 0 Å². The first kappa shape index (κ1) is 62.8. The van der Waals surface area contributed by atoms with Crippen LogP contribution in [0, 0.1) is 17.8 Å². The summed E-state index contributed by atoms with van der Waals surface area (Å²) in [6.45, 7) is 14.1. The van der Waals surface area contributed by atoms with Gasteiger partial charge < -0.3 is 80.6 Å². The van der Waals surface area contributed by atoms with Crippen LogP contribution in [-0.2, 0) is 43.2 Å². The number of aliphatic hydroxyl groups is 1. The number of carbonyl (C=O) groups is 9. The molecule has 0 bridgehead atoms. The molecule has 414 valence electrons. The summed E-state index contributed by atoms with van der Waals surface area (Å²) in [7, 11) is 0. The van der Waals surface area contributed by atoms with E-state index in [2.05, 4.69) is 41.9 Å². The Bertz CT molecular complexity index is 1960. The summed E-state index contributed by atoms with van der Waals surface area (Å²) in [4.78, 5) is 133. The van der Waals surface area contributed by atoms with Crippen molar-refractivity contribution in [2.45, 2.75) is 186 Å². The first-order valence-corrected chi connectivity index (χ1v) is 25.5. The Morgan fingerprint density at radius 1 is 0.589 bits per heavy atom. The van der Waals surface area contributed by atoms with Crippen molar-refractivity contribution in [3.05, 3.63) is 0 Å². The van der Waals surface area contributed by atoms with Gasteiger partial charge >= 0.3 is 5.97 Å². The molecule has 2 fully saturated rings. The molecule has 73 heavy (non-hydrogen) atoms. The van der Waals surface area contributed by atoms with Crippen LogP contribution >= 0.6 is 0 Å². The van der Waals surface area contributed by atoms with E-state index in [4.69, 9.17) is 28.7 Å². The lowest BCUT2D eigenvalue weighted by Crippen LogP contribution is -2.61. The highest BCUT2D eigenvalue weighted by Gasteiger charge is 2.42. The zero-order valence-electron chi connectivity index (χ0n) is 43.9. The molecule has 2 aliphatic rings. The minimum absolute atomic E-state index is 0.0109. The Morgan fingerprint density at radius 2 is 1.03 bits per heavy atom. The smallest absolute Gasteiger partial charge is 0.326 e. The van der Waals surface area contributed by atoms with Gasteiger partial charge in [0.15, 0.2) is 11.9 Å². The monoisotopic (exact) mass is 1040 g/mol. The van der Waals surface area contributed by atoms with Crippen LogP contribution in [0.5, 0.6) is 0 Å². The second-order valence-electron chi connectivity index (χ2n) is 19.7. The van der Waals surface area contributed by atoms with Crippen LogP contribution in [0.2, 0.25) is 0 Å². The highest BCUT2D eigenvalue weighted by molar-refractivity contribution is 5.98. The number of nitrogens with two attached hydrogens (primary N) is 5. The summed E-state index contributed by atoms with van der Waals surface area (Å²) in [6.07, 6.45) is 1.93. The maximum Gasteiger partial charge on any atom is 0.326 e. The molecule has 2 heterocycles. The number of hydrogen-bond acceptors (Lipinski definition) is 13. The van der Waals surface area contributed by atoms with Crippen LogP contribution in [0.3, 0.4) is 0 Å². The molecule has 2 rings (SSSR count). The van der Waals surface area contributed by atoms with Gasteiger partial charge in [0.2, 0.25) is 47.3 Å². The van der Waals surface area contributed by atoms with Crippen molar-refractivity contribution in [1.82, 2.24) is 41.7 Å². The molecule has 18 N–H and O–H groups in total. The van der Waals surface area contributed by atoms with E-state index >= 15 is 0 Å². The van der Waals surface area contributed by atoms with Gasteiger partial charge in [0.1, 0.15) is 48.3 Å². The van der Waals surface area contributed by atoms with E-state index in [0.717, 1.165) is 0 Å². The molecule has 26 heteroatoms. The van der Waals surface area contributed by atoms with Gasteiger partial charge in [-0.2, -0.15) is 0 Å². The SMILES string of the molecule is CC[C@H](C)[C@H](NC(=O)[C@@H](NC(=O)[C@@H]1CCCN1C(=O)[C@@H](N)CCCN=C(N)N)[C@@H](C)CC)C(=O)N[C@@H](CCCN=C(N)N)C(=O)N1CCC[C@H]1C(=O)N[C@@H](C)C(=O)N[C@H](C(=O)N[C@@H](CC(C)C)C(=O)O)[C@@H](C)O. The van der Waals surface area contributed by atoms with E-state index in [0.29, 0.717) is 45.1 Å². The van der Waals surface area contributed by atoms with Gasteiger partial charge in [0.05, 0.1) is 12.1 Å². The average Bonchev–Trinajstić information content (AvgIpc) is 4.03. The van der Waals surface area contributed by atoms with E-state index in [1.165, 1.54) is 23.6 Å². The normalized spacial score (nSPS) is 19.5. The highest BCUT2D eigenvalue weighted by atomic mass is 16.4. The van der Waals surface area contributed by atoms with Crippen LogP contribution in [-0.4, -0.2) is 172 Å². The number of carboxylic acid groups (broad SMARTS) is 1. The van der Waals surface area contributed by atoms with Gasteiger partial charge in [0.25, 0.3) is 0 Å². The van der Waals surface area contributed by atoms with Crippen LogP contribution in [0.1, 0.15) is 126 Å². The predicted octanol–water partition coefficient (Wildman–Crippen LogP) is -3.06. The molecular weight excluding hydrogens is 951 g/mol. The van der Waals surface area contributed by atoms with Gasteiger partial charge in [-0.1, -0.05) is 54.4 Å². The van der Waals surface area contributed by atoms with Gasteiger partial charge in [-0.15, -0.1) is 0 Å². The quantitative estimate of drug-likeness (QED) is 0.0193. The third-order valence-corrected chi connectivity index (χ3v) is 13.2. The lowest BCUT2D eigenvalue weighted by atomic mass is 9.94. The maximum atomic E-state index is 14.5. The summed E-state index contributed by atoms with van der Waals surface area (Å²) in [5, 5.41) is 35.7. The molecule has 8 amide bonds. The fourth-order valence-electron chi connectivity index (χ4n) is 8.59. The number of carbonyl (C=O) groups excluding carboxylic acids is 8. The number of nitrogens with zero attached hydrogens (tertiary/aromatic N) is 4. The highest BCUT2D eigenvalue weighted by Crippen LogP contribution is 2.23. The minimum Gasteiger partial charge on any atom is -0.480 e. The molecule has 0 spiro atoms. The average molecular weight is 1040 g/mol. The summed E-state index contributed by atoms with van der Waals surface area (Å²) in [6, 6.07) is -10.6. The standard InChI is InChI=1S/C47H85N15O11/c1-9-25(5)34(59-41(68)35(26(6)10-2)58-39(66)33-18-13-21-61(33)43(70)29(48)15-11-19-53-46(49)50)40(67)56-30(16-12-20-54-47(51)52)44(71)62-22-14-17-32(62)38(65)55-27(7)37(64)60-36(28(8)63)42(69)57-31(45(72)73)23-24(3)4/h24-36,63H,9-23,48H2,1-8H3,(H,55,65)(H,56,67)(H,57,69)(H,58,66)(H,59,68)(H,60,64)(H,72,73)(H4,49,50,53)(H4,51,52,54)/t25-,26-,27-,28+,29-,30-,31-,32-,33-,34-,35-,36-/m0/s1. The van der Waals surface area contributed by atoms with Crippen molar-refractivity contribution in [2.75, 3.05) is 26.2 Å². The Balaban J connectivity index is 2.30. The summed E-state index contributed by atoms with van der Waals surface area (Å²) in [5.74, 6) is -8.04. The van der Waals surface area contributed by atoms with Crippen LogP contribution in [0.4, 0.5) is 0 Å². The molecule has 0 saturated carbocycles. The fraction of sp³-hybridized carbons (Fsp3) is 0.766. The number of hydrogen-bond donors (Lipinski definition) is 13. The Morgan fingerprint density at radius 3 is 1.51 bits per heavy atom. The number of aliphatic hydroxyl groups excluding tert-OH is 1. The lowest BCUT2D eigenvalue weighted by molar-refractivity contribution is -0.143. The summed E-state index contributed by atoms with van der Waals surface area (Å²) in [5.41, 5.74) is 28.1. The summed E-state index contributed by atoms with van der Waals surface area (Å²) < 4.78 is 0. The molecule has 0 aliphatic carbocycles. The number of amides is 8. The molecule has 2 saturated heterocycles. The number of aliphatic imine (C=N–C) groups is 2. The number of likely N-dealkylation sites (tertiary alicyclic amines) is 2. The van der Waals surface area contributed by atoms with Crippen LogP contribution < -0.4 is 60.6 Å². The number of carboxylic acids is 1. The van der Waals surface area contributed by atoms with Gasteiger partial charge in [-0.3, -0.25) is 48.3 Å². The topological polar surface area (TPSA) is 428 Å². The van der Waals surface area contributed by atoms with Crippen LogP contribution in [0.15, 0.2) is 9.98 Å². The fourth-order valence-corrected chi connectivity index (χ4v) is 8.59. The number of rotatable bonds is 30. The van der Waals surface area contributed by atoms with E-state index in [9.17, 15) is 53.4 Å². The number of guanidine groups is 2. The largest absolute Gasteiger partial charge is 0.480 e. The second-order valence-corrected chi connectivity index (χ2v) is 19.7. The van der Waals surface area contributed by atoms with Crippen molar-refractivity contribution in [3.63, 3.8) is 0 Å². The molecule has 12 atom stereocenters. The van der Waals surface area contributed by atoms with Crippen molar-refractivity contribution in [1.29, 1.82) is 0 Å².